The van der Waals surface area contributed by atoms with E-state index in [4.69, 9.17) is 14.0 Å². The molecule has 1 aliphatic heterocycles. The summed E-state index contributed by atoms with van der Waals surface area (Å²) < 4.78 is 43.4. The Balaban J connectivity index is 2.03. The average molecular weight is 518 g/mol. The molecular formula is C19H22BF2IN2O4. The average Bonchev–Trinajstić information content (AvgIpc) is 3.14. The zero-order valence-corrected chi connectivity index (χ0v) is 19.0. The van der Waals surface area contributed by atoms with E-state index in [9.17, 15) is 13.6 Å². The molecule has 0 amide bonds. The second kappa shape index (κ2) is 7.62. The van der Waals surface area contributed by atoms with Gasteiger partial charge in [0.2, 0.25) is 0 Å². The predicted molar refractivity (Wildman–Crippen MR) is 113 cm³/mol. The van der Waals surface area contributed by atoms with E-state index in [1.54, 1.807) is 31.2 Å². The summed E-state index contributed by atoms with van der Waals surface area (Å²) in [5.41, 5.74) is -0.848. The highest BCUT2D eigenvalue weighted by Crippen LogP contribution is 2.39. The van der Waals surface area contributed by atoms with Crippen molar-refractivity contribution >= 4 is 41.1 Å². The van der Waals surface area contributed by atoms with Crippen molar-refractivity contribution in [2.45, 2.75) is 49.8 Å². The predicted octanol–water partition coefficient (Wildman–Crippen LogP) is 3.83. The van der Waals surface area contributed by atoms with Gasteiger partial charge in [-0.05, 0) is 52.2 Å². The van der Waals surface area contributed by atoms with Crippen LogP contribution < -0.4 is 5.46 Å². The fourth-order valence-corrected chi connectivity index (χ4v) is 3.48. The molecule has 1 aliphatic rings. The van der Waals surface area contributed by atoms with Crippen molar-refractivity contribution in [2.75, 3.05) is 6.61 Å². The highest BCUT2D eigenvalue weighted by Gasteiger charge is 2.51. The molecule has 29 heavy (non-hydrogen) atoms. The van der Waals surface area contributed by atoms with E-state index in [2.05, 4.69) is 5.10 Å². The second-order valence-corrected chi connectivity index (χ2v) is 9.07. The van der Waals surface area contributed by atoms with Gasteiger partial charge in [-0.3, -0.25) is 0 Å². The number of benzene rings is 1. The van der Waals surface area contributed by atoms with Gasteiger partial charge in [0.15, 0.2) is 0 Å². The first-order chi connectivity index (χ1) is 13.4. The maximum absolute atomic E-state index is 14.4. The normalized spacial score (nSPS) is 18.1. The van der Waals surface area contributed by atoms with E-state index < -0.39 is 33.9 Å². The van der Waals surface area contributed by atoms with Gasteiger partial charge in [-0.25, -0.2) is 9.48 Å². The van der Waals surface area contributed by atoms with Crippen molar-refractivity contribution in [2.24, 2.45) is 0 Å². The summed E-state index contributed by atoms with van der Waals surface area (Å²) in [5.74, 6) is -0.841. The summed E-state index contributed by atoms with van der Waals surface area (Å²) in [4.78, 5) is 12.1. The number of hydrogen-bond donors (Lipinski definition) is 0. The van der Waals surface area contributed by atoms with Crippen molar-refractivity contribution in [3.05, 3.63) is 41.7 Å². The number of ether oxygens (including phenoxy) is 1. The summed E-state index contributed by atoms with van der Waals surface area (Å²) in [6.07, 6.45) is 1.10. The van der Waals surface area contributed by atoms with Crippen LogP contribution in [0.15, 0.2) is 30.5 Å². The second-order valence-electron chi connectivity index (χ2n) is 7.72. The van der Waals surface area contributed by atoms with Crippen molar-refractivity contribution < 1.29 is 27.6 Å². The molecule has 0 aliphatic carbocycles. The van der Waals surface area contributed by atoms with Crippen LogP contribution in [0.1, 0.15) is 50.7 Å². The number of alkyl halides is 3. The molecule has 1 saturated heterocycles. The van der Waals surface area contributed by atoms with E-state index in [0.717, 1.165) is 33.5 Å². The molecule has 0 atom stereocenters. The van der Waals surface area contributed by atoms with Gasteiger partial charge in [0, 0.05) is 22.6 Å². The topological polar surface area (TPSA) is 62.6 Å². The molecule has 0 spiro atoms. The Labute approximate surface area is 182 Å². The van der Waals surface area contributed by atoms with Crippen LogP contribution in [0.2, 0.25) is 0 Å². The Morgan fingerprint density at radius 1 is 1.28 bits per heavy atom. The first-order valence-electron chi connectivity index (χ1n) is 9.15. The van der Waals surface area contributed by atoms with Crippen molar-refractivity contribution in [3.8, 4) is 5.69 Å². The Bertz CT molecular complexity index is 911. The van der Waals surface area contributed by atoms with Crippen LogP contribution in [0, 0.1) is 0 Å². The molecule has 0 bridgehead atoms. The molecule has 0 unspecified atom stereocenters. The number of carbonyl (C=O) groups excluding carboxylic acids is 1. The molecule has 6 nitrogen and oxygen atoms in total. The summed E-state index contributed by atoms with van der Waals surface area (Å²) in [6, 6.07) is 6.79. The molecule has 1 fully saturated rings. The lowest BCUT2D eigenvalue weighted by atomic mass is 9.79. The number of esters is 1. The Hall–Kier alpha value is -1.53. The standard InChI is InChI=1S/C19H22BF2IN2O4/c1-6-27-16(26)14-11-24-25(15(14)19(21,22)23)13-9-7-8-12(10-13)20-28-17(2,3)18(4,5)29-20/h7-11H,6H2,1-5H3. The Morgan fingerprint density at radius 3 is 2.45 bits per heavy atom. The molecule has 0 radical (unpaired) electrons. The van der Waals surface area contributed by atoms with Gasteiger partial charge >= 0.3 is 17.0 Å². The van der Waals surface area contributed by atoms with Crippen molar-refractivity contribution in [3.63, 3.8) is 0 Å². The summed E-state index contributed by atoms with van der Waals surface area (Å²) >= 11 is 0.983. The number of aromatic nitrogens is 2. The summed E-state index contributed by atoms with van der Waals surface area (Å²) in [7, 11) is -0.649. The minimum Gasteiger partial charge on any atom is -0.462 e. The minimum absolute atomic E-state index is 0.0771. The van der Waals surface area contributed by atoms with Crippen LogP contribution in [0.5, 0.6) is 0 Å². The number of nitrogens with zero attached hydrogens (tertiary/aromatic N) is 2. The van der Waals surface area contributed by atoms with Gasteiger partial charge in [0.25, 0.3) is 0 Å². The molecule has 1 aromatic carbocycles. The van der Waals surface area contributed by atoms with Crippen LogP contribution in [0.25, 0.3) is 5.69 Å². The first kappa shape index (κ1) is 22.2. The zero-order valence-electron chi connectivity index (χ0n) is 16.8. The lowest BCUT2D eigenvalue weighted by Crippen LogP contribution is -2.41. The third-order valence-corrected chi connectivity index (χ3v) is 5.68. The third-order valence-electron chi connectivity index (χ3n) is 5.17. The Kier molecular flexibility index (Phi) is 5.83. The van der Waals surface area contributed by atoms with Crippen LogP contribution in [-0.4, -0.2) is 40.7 Å². The number of carbonyl (C=O) groups is 1. The van der Waals surface area contributed by atoms with E-state index in [0.29, 0.717) is 11.2 Å². The fraction of sp³-hybridized carbons (Fsp3) is 0.474. The zero-order chi connectivity index (χ0) is 21.6. The molecule has 10 heteroatoms. The van der Waals surface area contributed by atoms with Gasteiger partial charge in [-0.2, -0.15) is 13.9 Å². The quantitative estimate of drug-likeness (QED) is 0.261. The molecule has 2 aromatic rings. The lowest BCUT2D eigenvalue weighted by molar-refractivity contribution is 0.00578. The van der Waals surface area contributed by atoms with Crippen LogP contribution in [0.3, 0.4) is 0 Å². The lowest BCUT2D eigenvalue weighted by Gasteiger charge is -2.32. The summed E-state index contributed by atoms with van der Waals surface area (Å²) in [6.45, 7) is 9.43. The monoisotopic (exact) mass is 518 g/mol. The van der Waals surface area contributed by atoms with Crippen molar-refractivity contribution in [1.82, 2.24) is 9.78 Å². The highest BCUT2D eigenvalue weighted by atomic mass is 127. The number of halogens is 3. The van der Waals surface area contributed by atoms with E-state index >= 15 is 0 Å². The van der Waals surface area contributed by atoms with E-state index in [-0.39, 0.29) is 12.2 Å². The Morgan fingerprint density at radius 2 is 1.90 bits per heavy atom. The van der Waals surface area contributed by atoms with Gasteiger partial charge < -0.3 is 14.0 Å². The maximum Gasteiger partial charge on any atom is 0.494 e. The SMILES string of the molecule is CCOC(=O)c1cnn(-c2cccc(B3OC(C)(C)C(C)(C)O3)c2)c1C(F)(F)I. The smallest absolute Gasteiger partial charge is 0.462 e. The molecule has 0 saturated carbocycles. The highest BCUT2D eigenvalue weighted by molar-refractivity contribution is 14.1. The maximum atomic E-state index is 14.4. The number of rotatable bonds is 5. The third kappa shape index (κ3) is 4.20. The molecule has 1 aromatic heterocycles. The van der Waals surface area contributed by atoms with Crippen LogP contribution in [-0.2, 0) is 18.0 Å². The van der Waals surface area contributed by atoms with Gasteiger partial charge in [0.1, 0.15) is 11.3 Å². The largest absolute Gasteiger partial charge is 0.494 e. The fourth-order valence-electron chi connectivity index (χ4n) is 2.96. The van der Waals surface area contributed by atoms with Gasteiger partial charge in [0.05, 0.1) is 29.7 Å². The van der Waals surface area contributed by atoms with Gasteiger partial charge in [-0.15, -0.1) is 0 Å². The minimum atomic E-state index is -3.34. The first-order valence-corrected chi connectivity index (χ1v) is 10.2. The molecule has 3 rings (SSSR count). The summed E-state index contributed by atoms with van der Waals surface area (Å²) in [5, 5.41) is 4.03. The van der Waals surface area contributed by atoms with Crippen LogP contribution in [0.4, 0.5) is 8.78 Å². The van der Waals surface area contributed by atoms with Gasteiger partial charge in [-0.1, -0.05) is 12.1 Å². The molecule has 2 heterocycles. The molecule has 156 valence electrons. The van der Waals surface area contributed by atoms with E-state index in [1.165, 1.54) is 0 Å². The molecular weight excluding hydrogens is 496 g/mol. The number of hydrogen-bond acceptors (Lipinski definition) is 5. The molecule has 0 N–H and O–H groups in total. The van der Waals surface area contributed by atoms with E-state index in [1.807, 2.05) is 27.7 Å². The van der Waals surface area contributed by atoms with Crippen LogP contribution >= 0.6 is 22.6 Å². The van der Waals surface area contributed by atoms with Crippen molar-refractivity contribution in [1.29, 1.82) is 0 Å².